The fraction of sp³-hybridized carbons (Fsp3) is 0.125. The molecule has 0 aromatic heterocycles. The zero-order valence-corrected chi connectivity index (χ0v) is 6.05. The van der Waals surface area contributed by atoms with E-state index in [-0.39, 0.29) is 5.56 Å². The summed E-state index contributed by atoms with van der Waals surface area (Å²) in [5.41, 5.74) is -0.293. The van der Waals surface area contributed by atoms with Crippen molar-refractivity contribution in [2.24, 2.45) is 0 Å². The van der Waals surface area contributed by atoms with Crippen molar-refractivity contribution in [3.8, 4) is 0 Å². The number of hydrogen-bond acceptors (Lipinski definition) is 2. The summed E-state index contributed by atoms with van der Waals surface area (Å²) >= 11 is 0. The van der Waals surface area contributed by atoms with Crippen molar-refractivity contribution in [2.75, 3.05) is 6.61 Å². The predicted octanol–water partition coefficient (Wildman–Crippen LogP) is 1.14. The number of hydrogen-bond donors (Lipinski definition) is 1. The molecule has 0 heterocycles. The molecule has 0 spiro atoms. The molecule has 0 aliphatic heterocycles. The first-order chi connectivity index (χ1) is 5.65. The minimum Gasteiger partial charge on any atom is -0.388 e. The van der Waals surface area contributed by atoms with Crippen LogP contribution < -0.4 is 0 Å². The normalized spacial score (nSPS) is 9.92. The summed E-state index contributed by atoms with van der Waals surface area (Å²) in [4.78, 5) is 10.7. The van der Waals surface area contributed by atoms with Gasteiger partial charge in [0.05, 0.1) is 5.56 Å². The van der Waals surface area contributed by atoms with Crippen LogP contribution in [0.1, 0.15) is 10.4 Å². The second-order valence-corrected chi connectivity index (χ2v) is 2.21. The van der Waals surface area contributed by atoms with E-state index in [1.54, 1.807) is 0 Å². The van der Waals surface area contributed by atoms with Crippen LogP contribution >= 0.6 is 0 Å². The molecule has 0 amide bonds. The summed E-state index contributed by atoms with van der Waals surface area (Å²) in [6, 6.07) is 2.57. The molecule has 0 fully saturated rings. The van der Waals surface area contributed by atoms with E-state index in [1.807, 2.05) is 0 Å². The van der Waals surface area contributed by atoms with E-state index in [9.17, 15) is 13.6 Å². The first-order valence-corrected chi connectivity index (χ1v) is 3.24. The van der Waals surface area contributed by atoms with Crippen molar-refractivity contribution in [2.45, 2.75) is 0 Å². The summed E-state index contributed by atoms with van der Waals surface area (Å²) in [7, 11) is 0. The first-order valence-electron chi connectivity index (χ1n) is 3.24. The molecule has 0 saturated heterocycles. The maximum absolute atomic E-state index is 12.7. The number of rotatable bonds is 2. The number of ketones is 1. The van der Waals surface area contributed by atoms with Crippen LogP contribution in [-0.4, -0.2) is 17.5 Å². The Bertz CT molecular complexity index is 310. The third-order valence-electron chi connectivity index (χ3n) is 1.38. The largest absolute Gasteiger partial charge is 0.388 e. The van der Waals surface area contributed by atoms with Gasteiger partial charge in [0.25, 0.3) is 0 Å². The number of benzene rings is 1. The Balaban J connectivity index is 3.09. The summed E-state index contributed by atoms with van der Waals surface area (Å²) < 4.78 is 25.0. The van der Waals surface area contributed by atoms with E-state index in [4.69, 9.17) is 5.11 Å². The SMILES string of the molecule is O=C(CO)c1ccc(F)cc1F. The molecule has 0 aliphatic carbocycles. The number of aliphatic hydroxyl groups is 1. The fourth-order valence-corrected chi connectivity index (χ4v) is 0.801. The van der Waals surface area contributed by atoms with Gasteiger partial charge in [-0.25, -0.2) is 8.78 Å². The molecule has 0 radical (unpaired) electrons. The molecule has 2 nitrogen and oxygen atoms in total. The van der Waals surface area contributed by atoms with E-state index in [1.165, 1.54) is 0 Å². The van der Waals surface area contributed by atoms with Crippen molar-refractivity contribution in [3.05, 3.63) is 35.4 Å². The van der Waals surface area contributed by atoms with Crippen molar-refractivity contribution >= 4 is 5.78 Å². The first kappa shape index (κ1) is 8.80. The van der Waals surface area contributed by atoms with Crippen LogP contribution in [0.15, 0.2) is 18.2 Å². The summed E-state index contributed by atoms with van der Waals surface area (Å²) in [5.74, 6) is -2.46. The van der Waals surface area contributed by atoms with Crippen LogP contribution in [0.3, 0.4) is 0 Å². The number of carbonyl (C=O) groups excluding carboxylic acids is 1. The molecule has 4 heteroatoms. The van der Waals surface area contributed by atoms with Crippen LogP contribution in [0.4, 0.5) is 8.78 Å². The van der Waals surface area contributed by atoms with Crippen LogP contribution in [0.2, 0.25) is 0 Å². The Morgan fingerprint density at radius 3 is 2.58 bits per heavy atom. The van der Waals surface area contributed by atoms with Gasteiger partial charge in [0.15, 0.2) is 5.78 Å². The second-order valence-electron chi connectivity index (χ2n) is 2.21. The van der Waals surface area contributed by atoms with E-state index in [0.717, 1.165) is 12.1 Å². The van der Waals surface area contributed by atoms with Gasteiger partial charge in [-0.1, -0.05) is 0 Å². The van der Waals surface area contributed by atoms with Crippen LogP contribution in [0, 0.1) is 11.6 Å². The molecule has 0 bridgehead atoms. The van der Waals surface area contributed by atoms with Gasteiger partial charge in [-0.15, -0.1) is 0 Å². The highest BCUT2D eigenvalue weighted by atomic mass is 19.1. The standard InChI is InChI=1S/C8H6F2O2/c9-5-1-2-6(7(10)3-5)8(12)4-11/h1-3,11H,4H2. The van der Waals surface area contributed by atoms with Gasteiger partial charge in [0.1, 0.15) is 18.2 Å². The maximum Gasteiger partial charge on any atom is 0.191 e. The summed E-state index contributed by atoms with van der Waals surface area (Å²) in [6.45, 7) is -0.775. The Morgan fingerprint density at radius 1 is 1.42 bits per heavy atom. The third kappa shape index (κ3) is 1.65. The molecule has 64 valence electrons. The summed E-state index contributed by atoms with van der Waals surface area (Å²) in [5, 5.41) is 8.37. The molecular weight excluding hydrogens is 166 g/mol. The van der Waals surface area contributed by atoms with Crippen LogP contribution in [0.25, 0.3) is 0 Å². The van der Waals surface area contributed by atoms with Crippen LogP contribution in [0.5, 0.6) is 0 Å². The van der Waals surface area contributed by atoms with E-state index < -0.39 is 24.0 Å². The van der Waals surface area contributed by atoms with E-state index >= 15 is 0 Å². The number of halogens is 2. The molecule has 1 rings (SSSR count). The minimum atomic E-state index is -0.950. The molecule has 1 aromatic carbocycles. The number of aliphatic hydroxyl groups excluding tert-OH is 1. The number of carbonyl (C=O) groups is 1. The average Bonchev–Trinajstić information content (AvgIpc) is 2.03. The van der Waals surface area contributed by atoms with Gasteiger partial charge in [-0.05, 0) is 12.1 Å². The summed E-state index contributed by atoms with van der Waals surface area (Å²) in [6.07, 6.45) is 0. The molecule has 1 N–H and O–H groups in total. The van der Waals surface area contributed by atoms with Crippen molar-refractivity contribution < 1.29 is 18.7 Å². The van der Waals surface area contributed by atoms with Crippen molar-refractivity contribution in [1.82, 2.24) is 0 Å². The lowest BCUT2D eigenvalue weighted by molar-refractivity contribution is 0.0899. The quantitative estimate of drug-likeness (QED) is 0.679. The maximum atomic E-state index is 12.7. The van der Waals surface area contributed by atoms with E-state index in [0.29, 0.717) is 6.07 Å². The third-order valence-corrected chi connectivity index (χ3v) is 1.38. The molecule has 0 aliphatic rings. The fourth-order valence-electron chi connectivity index (χ4n) is 0.801. The highest BCUT2D eigenvalue weighted by Gasteiger charge is 2.10. The zero-order valence-electron chi connectivity index (χ0n) is 6.05. The van der Waals surface area contributed by atoms with Crippen LogP contribution in [-0.2, 0) is 0 Å². The van der Waals surface area contributed by atoms with Gasteiger partial charge in [-0.3, -0.25) is 4.79 Å². The Kier molecular flexibility index (Phi) is 2.50. The van der Waals surface area contributed by atoms with Gasteiger partial charge in [-0.2, -0.15) is 0 Å². The minimum absolute atomic E-state index is 0.293. The Hall–Kier alpha value is -1.29. The van der Waals surface area contributed by atoms with E-state index in [2.05, 4.69) is 0 Å². The van der Waals surface area contributed by atoms with Crippen molar-refractivity contribution in [3.63, 3.8) is 0 Å². The lowest BCUT2D eigenvalue weighted by atomic mass is 10.1. The highest BCUT2D eigenvalue weighted by molar-refractivity contribution is 5.97. The molecule has 0 saturated carbocycles. The smallest absolute Gasteiger partial charge is 0.191 e. The Labute approximate surface area is 67.4 Å². The van der Waals surface area contributed by atoms with Gasteiger partial charge in [0.2, 0.25) is 0 Å². The Morgan fingerprint density at radius 2 is 2.08 bits per heavy atom. The van der Waals surface area contributed by atoms with Gasteiger partial charge in [0, 0.05) is 6.07 Å². The topological polar surface area (TPSA) is 37.3 Å². The number of Topliss-reactive ketones (excluding diaryl/α,β-unsaturated/α-hetero) is 1. The molecule has 1 aromatic rings. The lowest BCUT2D eigenvalue weighted by Gasteiger charge is -1.98. The zero-order chi connectivity index (χ0) is 9.14. The lowest BCUT2D eigenvalue weighted by Crippen LogP contribution is -2.06. The predicted molar refractivity (Wildman–Crippen MR) is 37.8 cm³/mol. The van der Waals surface area contributed by atoms with Gasteiger partial charge >= 0.3 is 0 Å². The highest BCUT2D eigenvalue weighted by Crippen LogP contribution is 2.09. The average molecular weight is 172 g/mol. The molecular formula is C8H6F2O2. The van der Waals surface area contributed by atoms with Crippen molar-refractivity contribution in [1.29, 1.82) is 0 Å². The molecule has 12 heavy (non-hydrogen) atoms. The van der Waals surface area contributed by atoms with Gasteiger partial charge < -0.3 is 5.11 Å². The molecule has 0 unspecified atom stereocenters. The second kappa shape index (κ2) is 3.40. The molecule has 0 atom stereocenters. The monoisotopic (exact) mass is 172 g/mol.